The van der Waals surface area contributed by atoms with Crippen LogP contribution in [0.15, 0.2) is 94.9 Å². The van der Waals surface area contributed by atoms with Crippen LogP contribution < -0.4 is 30.0 Å². The summed E-state index contributed by atoms with van der Waals surface area (Å²) in [6.45, 7) is -0.111. The maximum atomic E-state index is 10.5. The fraction of sp³-hybridized carbons (Fsp3) is 0.371. The Kier molecular flexibility index (Phi) is 19.3. The minimum absolute atomic E-state index is 0.0369. The molecule has 0 unspecified atom stereocenters. The molecule has 0 amide bonds. The van der Waals surface area contributed by atoms with Gasteiger partial charge < -0.3 is 30.0 Å². The van der Waals surface area contributed by atoms with Crippen molar-refractivity contribution in [3.8, 4) is 0 Å². The Morgan fingerprint density at radius 2 is 0.857 bits per heavy atom. The van der Waals surface area contributed by atoms with Gasteiger partial charge in [-0.1, -0.05) is 54.6 Å². The average molecular weight is 606 g/mol. The third-order valence-electron chi connectivity index (χ3n) is 6.31. The zero-order chi connectivity index (χ0) is 31.3. The Bertz CT molecular complexity index is 1080. The molecular weight excluding hydrogens is 558 g/mol. The number of anilines is 3. The van der Waals surface area contributed by atoms with Crippen molar-refractivity contribution in [2.75, 3.05) is 76.8 Å². The van der Waals surface area contributed by atoms with Crippen molar-refractivity contribution in [1.82, 2.24) is 0 Å². The topological polar surface area (TPSA) is 78.9 Å². The summed E-state index contributed by atoms with van der Waals surface area (Å²) in [6, 6.07) is 24.0. The Morgan fingerprint density at radius 1 is 0.548 bits per heavy atom. The number of para-hydroxylation sites is 3. The van der Waals surface area contributed by atoms with Gasteiger partial charge in [-0.3, -0.25) is 0 Å². The zero-order valence-corrected chi connectivity index (χ0v) is 27.7. The quantitative estimate of drug-likeness (QED) is 0.349. The van der Waals surface area contributed by atoms with E-state index < -0.39 is 0 Å². The van der Waals surface area contributed by atoms with Crippen LogP contribution in [0.5, 0.6) is 0 Å². The van der Waals surface area contributed by atoms with Crippen molar-refractivity contribution in [3.63, 3.8) is 0 Å². The van der Waals surface area contributed by atoms with Crippen molar-refractivity contribution in [2.24, 2.45) is 0 Å². The molecule has 224 valence electrons. The second kappa shape index (κ2) is 21.8. The molecule has 3 aromatic rings. The molecule has 6 nitrogen and oxygen atoms in total. The molecule has 0 bridgehead atoms. The van der Waals surface area contributed by atoms with Crippen LogP contribution in [0.1, 0.15) is 23.1 Å². The van der Waals surface area contributed by atoms with Crippen LogP contribution >= 0.6 is 0 Å². The summed E-state index contributed by atoms with van der Waals surface area (Å²) >= 11 is 2.14. The molecule has 0 spiro atoms. The van der Waals surface area contributed by atoms with E-state index in [9.17, 15) is 15.3 Å². The van der Waals surface area contributed by atoms with Gasteiger partial charge in [-0.2, -0.15) is 0 Å². The molecule has 42 heavy (non-hydrogen) atoms. The molecule has 0 N–H and O–H groups in total. The molecule has 0 saturated carbocycles. The summed E-state index contributed by atoms with van der Waals surface area (Å²) in [7, 11) is 11.9. The molecule has 1 aliphatic rings. The first-order valence-corrected chi connectivity index (χ1v) is 15.0. The Labute approximate surface area is 266 Å². The van der Waals surface area contributed by atoms with Crippen molar-refractivity contribution < 1.29 is 35.8 Å². The van der Waals surface area contributed by atoms with E-state index >= 15 is 0 Å². The first-order chi connectivity index (χ1) is 20.2. The number of allylic oxidation sites excluding steroid dienone is 4. The number of hydrogen-bond donors (Lipinski definition) is 0. The molecule has 0 atom stereocenters. The van der Waals surface area contributed by atoms with Crippen LogP contribution in [0, 0.1) is 0 Å². The van der Waals surface area contributed by atoms with Gasteiger partial charge in [0.25, 0.3) is 0 Å². The number of benzene rings is 3. The van der Waals surface area contributed by atoms with E-state index in [-0.39, 0.29) is 19.8 Å². The summed E-state index contributed by atoms with van der Waals surface area (Å²) in [5.74, 6) is 0. The van der Waals surface area contributed by atoms with Gasteiger partial charge in [-0.15, -0.1) is 19.8 Å². The molecule has 0 aromatic heterocycles. The van der Waals surface area contributed by atoms with Crippen molar-refractivity contribution in [3.05, 3.63) is 112 Å². The van der Waals surface area contributed by atoms with Gasteiger partial charge in [0.2, 0.25) is 0 Å². The van der Waals surface area contributed by atoms with Gasteiger partial charge in [0.15, 0.2) is 0 Å². The Hall–Kier alpha value is -2.87. The van der Waals surface area contributed by atoms with Gasteiger partial charge in [0.1, 0.15) is 0 Å². The SMILES string of the molecule is CN(C)c1ccccc1CC[O-].CN(C)c1ccccc1CC[O-].CN(C)c1ccccc1CC[O-].[Ti+3][C]1=CC=CC1. The standard InChI is InChI=1S/3C10H14NO.C5H5.Ti/c3*1-11(2)10-6-4-3-5-9(10)7-8-12;1-2-4-5-3-1;/h3*3-6H,7-8H2,1-2H3;1-3H,4H2;/q3*-1;;+3. The third kappa shape index (κ3) is 14.3. The predicted molar refractivity (Wildman–Crippen MR) is 170 cm³/mol. The van der Waals surface area contributed by atoms with E-state index in [1.807, 2.05) is 130 Å². The summed E-state index contributed by atoms with van der Waals surface area (Å²) in [5.41, 5.74) is 6.85. The molecular formula is C35H47N3O3Ti. The van der Waals surface area contributed by atoms with Crippen LogP contribution in [0.3, 0.4) is 0 Å². The van der Waals surface area contributed by atoms with E-state index in [0.29, 0.717) is 19.3 Å². The zero-order valence-electron chi connectivity index (χ0n) is 26.2. The van der Waals surface area contributed by atoms with Crippen LogP contribution in [0.2, 0.25) is 0 Å². The third-order valence-corrected chi connectivity index (χ3v) is 6.88. The van der Waals surface area contributed by atoms with Gasteiger partial charge in [0.05, 0.1) is 0 Å². The van der Waals surface area contributed by atoms with Gasteiger partial charge in [-0.05, 0) is 54.2 Å². The van der Waals surface area contributed by atoms with E-state index in [0.717, 1.165) is 33.8 Å². The van der Waals surface area contributed by atoms with Gasteiger partial charge >= 0.3 is 49.0 Å². The summed E-state index contributed by atoms with van der Waals surface area (Å²) in [6.07, 6.45) is 9.42. The molecule has 0 aliphatic heterocycles. The molecule has 1 aliphatic carbocycles. The normalized spacial score (nSPS) is 11.2. The minimum atomic E-state index is -0.0369. The molecule has 3 aromatic carbocycles. The second-order valence-corrected chi connectivity index (χ2v) is 11.3. The van der Waals surface area contributed by atoms with Crippen LogP contribution in [0.4, 0.5) is 17.1 Å². The fourth-order valence-electron chi connectivity index (χ4n) is 4.25. The molecule has 0 saturated heterocycles. The number of rotatable bonds is 9. The van der Waals surface area contributed by atoms with Gasteiger partial charge in [-0.25, -0.2) is 0 Å². The second-order valence-electron chi connectivity index (χ2n) is 10.3. The Balaban J connectivity index is 0.000000287. The summed E-state index contributed by atoms with van der Waals surface area (Å²) in [5, 5.41) is 31.4. The first-order valence-electron chi connectivity index (χ1n) is 14.2. The van der Waals surface area contributed by atoms with Crippen LogP contribution in [-0.2, 0) is 39.7 Å². The van der Waals surface area contributed by atoms with Gasteiger partial charge in [0, 0.05) is 59.3 Å². The molecule has 0 fully saturated rings. The average Bonchev–Trinajstić information content (AvgIpc) is 3.46. The van der Waals surface area contributed by atoms with Crippen LogP contribution in [-0.4, -0.2) is 62.1 Å². The predicted octanol–water partition coefficient (Wildman–Crippen LogP) is 3.34. The van der Waals surface area contributed by atoms with Crippen molar-refractivity contribution in [1.29, 1.82) is 0 Å². The first kappa shape index (κ1) is 37.2. The van der Waals surface area contributed by atoms with Crippen LogP contribution in [0.25, 0.3) is 0 Å². The number of nitrogens with zero attached hydrogens (tertiary/aromatic N) is 3. The summed E-state index contributed by atoms with van der Waals surface area (Å²) in [4.78, 5) is 6.10. The maximum absolute atomic E-state index is 10.5. The van der Waals surface area contributed by atoms with Crippen molar-refractivity contribution in [2.45, 2.75) is 25.7 Å². The molecule has 7 heteroatoms. The van der Waals surface area contributed by atoms with E-state index in [4.69, 9.17) is 0 Å². The molecule has 0 heterocycles. The number of hydrogen-bond acceptors (Lipinski definition) is 6. The fourth-order valence-corrected chi connectivity index (χ4v) is 4.59. The van der Waals surface area contributed by atoms with E-state index in [1.165, 1.54) is 10.3 Å². The monoisotopic (exact) mass is 605 g/mol. The Morgan fingerprint density at radius 3 is 1.05 bits per heavy atom. The molecule has 4 rings (SSSR count). The molecule has 0 radical (unpaired) electrons. The van der Waals surface area contributed by atoms with Crippen molar-refractivity contribution >= 4 is 17.1 Å². The summed E-state index contributed by atoms with van der Waals surface area (Å²) < 4.78 is 1.47. The van der Waals surface area contributed by atoms with E-state index in [2.05, 4.69) is 38.7 Å². The van der Waals surface area contributed by atoms with E-state index in [1.54, 1.807) is 0 Å².